The minimum Gasteiger partial charge on any atom is -0.489 e. The van der Waals surface area contributed by atoms with Crippen LogP contribution < -0.4 is 10.1 Å². The van der Waals surface area contributed by atoms with Crippen molar-refractivity contribution < 1.29 is 4.74 Å². The zero-order chi connectivity index (χ0) is 16.2. The van der Waals surface area contributed by atoms with Gasteiger partial charge in [-0.1, -0.05) is 42.5 Å². The monoisotopic (exact) mass is 394 g/mol. The third-order valence-electron chi connectivity index (χ3n) is 5.37. The van der Waals surface area contributed by atoms with Crippen molar-refractivity contribution in [1.82, 2.24) is 10.2 Å². The molecule has 0 aliphatic carbocycles. The molecule has 0 aromatic heterocycles. The first-order valence-electron chi connectivity index (χ1n) is 9.08. The Morgan fingerprint density at radius 3 is 2.35 bits per heavy atom. The van der Waals surface area contributed by atoms with Gasteiger partial charge in [0.05, 0.1) is 0 Å². The maximum absolute atomic E-state index is 5.94. The minimum absolute atomic E-state index is 0. The van der Waals surface area contributed by atoms with Gasteiger partial charge < -0.3 is 15.0 Å². The minimum atomic E-state index is 0. The SMILES string of the molecule is Cl.Cl.c1ccc(COc2cccc(CNC3CN4CCC3CC4)c2)cc1. The van der Waals surface area contributed by atoms with Gasteiger partial charge in [0.25, 0.3) is 0 Å². The molecule has 3 aliphatic heterocycles. The van der Waals surface area contributed by atoms with Gasteiger partial charge in [0.15, 0.2) is 0 Å². The van der Waals surface area contributed by atoms with E-state index < -0.39 is 0 Å². The number of nitrogens with zero attached hydrogens (tertiary/aromatic N) is 1. The number of fused-ring (bicyclic) bond motifs is 3. The molecule has 5 rings (SSSR count). The third-order valence-corrected chi connectivity index (χ3v) is 5.37. The van der Waals surface area contributed by atoms with Crippen molar-refractivity contribution in [2.45, 2.75) is 32.0 Å². The van der Waals surface area contributed by atoms with E-state index in [0.29, 0.717) is 12.6 Å². The predicted molar refractivity (Wildman–Crippen MR) is 112 cm³/mol. The summed E-state index contributed by atoms with van der Waals surface area (Å²) in [5.74, 6) is 1.82. The predicted octanol–water partition coefficient (Wildman–Crippen LogP) is 4.29. The van der Waals surface area contributed by atoms with Crippen LogP contribution in [0.5, 0.6) is 5.75 Å². The van der Waals surface area contributed by atoms with Crippen LogP contribution in [0, 0.1) is 5.92 Å². The first kappa shape index (κ1) is 21.0. The summed E-state index contributed by atoms with van der Waals surface area (Å²) in [6, 6.07) is 19.5. The lowest BCUT2D eigenvalue weighted by Crippen LogP contribution is -2.55. The van der Waals surface area contributed by atoms with Crippen LogP contribution in [0.4, 0.5) is 0 Å². The molecular weight excluding hydrogens is 367 g/mol. The molecule has 26 heavy (non-hydrogen) atoms. The van der Waals surface area contributed by atoms with E-state index in [0.717, 1.165) is 18.2 Å². The molecule has 1 N–H and O–H groups in total. The number of nitrogens with one attached hydrogen (secondary N) is 1. The Morgan fingerprint density at radius 2 is 1.65 bits per heavy atom. The molecule has 0 spiro atoms. The summed E-state index contributed by atoms with van der Waals surface area (Å²) >= 11 is 0. The summed E-state index contributed by atoms with van der Waals surface area (Å²) in [4.78, 5) is 2.59. The Morgan fingerprint density at radius 1 is 0.923 bits per heavy atom. The Hall–Kier alpha value is -1.26. The van der Waals surface area contributed by atoms with Crippen molar-refractivity contribution in [3.63, 3.8) is 0 Å². The van der Waals surface area contributed by atoms with Gasteiger partial charge in [-0.05, 0) is 55.1 Å². The second-order valence-electron chi connectivity index (χ2n) is 7.05. The molecule has 3 saturated heterocycles. The third kappa shape index (κ3) is 5.37. The molecule has 2 aromatic rings. The quantitative estimate of drug-likeness (QED) is 0.790. The van der Waals surface area contributed by atoms with Gasteiger partial charge in [-0.15, -0.1) is 24.8 Å². The highest BCUT2D eigenvalue weighted by Crippen LogP contribution is 2.27. The highest BCUT2D eigenvalue weighted by molar-refractivity contribution is 5.85. The molecule has 1 atom stereocenters. The van der Waals surface area contributed by atoms with Crippen molar-refractivity contribution in [2.75, 3.05) is 19.6 Å². The van der Waals surface area contributed by atoms with E-state index in [2.05, 4.69) is 40.5 Å². The summed E-state index contributed by atoms with van der Waals surface area (Å²) in [7, 11) is 0. The number of ether oxygens (including phenoxy) is 1. The van der Waals surface area contributed by atoms with Gasteiger partial charge in [0.1, 0.15) is 12.4 Å². The first-order chi connectivity index (χ1) is 11.9. The van der Waals surface area contributed by atoms with Crippen molar-refractivity contribution in [2.24, 2.45) is 5.92 Å². The second kappa shape index (κ2) is 10.2. The lowest BCUT2D eigenvalue weighted by molar-refractivity contribution is 0.0720. The lowest BCUT2D eigenvalue weighted by atomic mass is 9.84. The average molecular weight is 395 g/mol. The largest absolute Gasteiger partial charge is 0.489 e. The molecule has 142 valence electrons. The molecule has 3 fully saturated rings. The summed E-state index contributed by atoms with van der Waals surface area (Å²) < 4.78 is 5.94. The van der Waals surface area contributed by atoms with Crippen LogP contribution in [0.15, 0.2) is 54.6 Å². The molecule has 0 radical (unpaired) electrons. The number of piperidine rings is 3. The number of halogens is 2. The lowest BCUT2D eigenvalue weighted by Gasteiger charge is -2.45. The fourth-order valence-corrected chi connectivity index (χ4v) is 3.93. The normalized spacial score (nSPS) is 23.6. The van der Waals surface area contributed by atoms with Gasteiger partial charge in [-0.2, -0.15) is 0 Å². The fourth-order valence-electron chi connectivity index (χ4n) is 3.93. The second-order valence-corrected chi connectivity index (χ2v) is 7.05. The molecule has 3 nitrogen and oxygen atoms in total. The highest BCUT2D eigenvalue weighted by atomic mass is 35.5. The van der Waals surface area contributed by atoms with Crippen molar-refractivity contribution in [3.8, 4) is 5.75 Å². The maximum Gasteiger partial charge on any atom is 0.120 e. The van der Waals surface area contributed by atoms with E-state index in [1.165, 1.54) is 43.6 Å². The molecule has 3 heterocycles. The van der Waals surface area contributed by atoms with E-state index in [1.54, 1.807) is 0 Å². The van der Waals surface area contributed by atoms with E-state index in [-0.39, 0.29) is 24.8 Å². The van der Waals surface area contributed by atoms with Gasteiger partial charge in [0, 0.05) is 19.1 Å². The zero-order valence-corrected chi connectivity index (χ0v) is 16.6. The van der Waals surface area contributed by atoms with Crippen LogP contribution in [0.1, 0.15) is 24.0 Å². The summed E-state index contributed by atoms with van der Waals surface area (Å²) in [5.41, 5.74) is 2.50. The fraction of sp³-hybridized carbons (Fsp3) is 0.429. The number of hydrogen-bond acceptors (Lipinski definition) is 3. The number of rotatable bonds is 6. The highest BCUT2D eigenvalue weighted by Gasteiger charge is 2.33. The summed E-state index contributed by atoms with van der Waals surface area (Å²) in [5, 5.41) is 3.77. The van der Waals surface area contributed by atoms with E-state index in [1.807, 2.05) is 24.3 Å². The molecule has 5 heteroatoms. The average Bonchev–Trinajstić information content (AvgIpc) is 2.67. The standard InChI is InChI=1S/C21H26N2O.2ClH/c1-2-5-17(6-3-1)16-24-20-8-4-7-18(13-20)14-22-21-15-23-11-9-19(21)10-12-23;;/h1-8,13,19,21-22H,9-12,14-16H2;2*1H. The maximum atomic E-state index is 5.94. The molecule has 0 amide bonds. The molecule has 0 saturated carbocycles. The van der Waals surface area contributed by atoms with Gasteiger partial charge in [0.2, 0.25) is 0 Å². The van der Waals surface area contributed by atoms with E-state index in [4.69, 9.17) is 4.74 Å². The van der Waals surface area contributed by atoms with Gasteiger partial charge in [-0.25, -0.2) is 0 Å². The summed E-state index contributed by atoms with van der Waals surface area (Å²) in [6.45, 7) is 5.36. The zero-order valence-electron chi connectivity index (χ0n) is 15.0. The van der Waals surface area contributed by atoms with E-state index in [9.17, 15) is 0 Å². The molecule has 1 unspecified atom stereocenters. The smallest absolute Gasteiger partial charge is 0.120 e. The van der Waals surface area contributed by atoms with Crippen LogP contribution in [0.2, 0.25) is 0 Å². The number of benzene rings is 2. The Labute approximate surface area is 168 Å². The Kier molecular flexibility index (Phi) is 8.23. The van der Waals surface area contributed by atoms with Gasteiger partial charge >= 0.3 is 0 Å². The molecular formula is C21H28Cl2N2O. The molecule has 2 aromatic carbocycles. The Bertz CT molecular complexity index is 660. The topological polar surface area (TPSA) is 24.5 Å². The van der Waals surface area contributed by atoms with Crippen molar-refractivity contribution in [3.05, 3.63) is 65.7 Å². The molecule has 3 aliphatic rings. The van der Waals surface area contributed by atoms with Gasteiger partial charge in [-0.3, -0.25) is 0 Å². The van der Waals surface area contributed by atoms with Crippen LogP contribution in [0.25, 0.3) is 0 Å². The van der Waals surface area contributed by atoms with Crippen LogP contribution in [-0.4, -0.2) is 30.6 Å². The first-order valence-corrected chi connectivity index (χ1v) is 9.08. The summed E-state index contributed by atoms with van der Waals surface area (Å²) in [6.07, 6.45) is 2.72. The van der Waals surface area contributed by atoms with Crippen molar-refractivity contribution >= 4 is 24.8 Å². The Balaban J connectivity index is 0.00000121. The van der Waals surface area contributed by atoms with Crippen LogP contribution >= 0.6 is 24.8 Å². The van der Waals surface area contributed by atoms with Crippen LogP contribution in [0.3, 0.4) is 0 Å². The van der Waals surface area contributed by atoms with E-state index >= 15 is 0 Å². The number of hydrogen-bond donors (Lipinski definition) is 1. The molecule has 2 bridgehead atoms. The van der Waals surface area contributed by atoms with Crippen molar-refractivity contribution in [1.29, 1.82) is 0 Å². The van der Waals surface area contributed by atoms with Crippen LogP contribution in [-0.2, 0) is 13.2 Å².